The van der Waals surface area contributed by atoms with Crippen molar-refractivity contribution < 1.29 is 14.5 Å². The summed E-state index contributed by atoms with van der Waals surface area (Å²) in [5.41, 5.74) is 9.11. The van der Waals surface area contributed by atoms with Crippen LogP contribution in [-0.2, 0) is 0 Å². The van der Waals surface area contributed by atoms with E-state index in [1.165, 1.54) is 35.5 Å². The monoisotopic (exact) mass is 459 g/mol. The second-order valence-electron chi connectivity index (χ2n) is 8.08. The molecule has 0 aliphatic carbocycles. The number of nitrogens with zero attached hydrogens (tertiary/aromatic N) is 3. The summed E-state index contributed by atoms with van der Waals surface area (Å²) in [5, 5.41) is 10.7. The van der Waals surface area contributed by atoms with E-state index in [0.717, 1.165) is 13.1 Å². The number of carbonyl (C=O) groups excluding carboxylic acids is 2. The molecule has 2 amide bonds. The van der Waals surface area contributed by atoms with Crippen molar-refractivity contribution in [3.63, 3.8) is 0 Å². The van der Waals surface area contributed by atoms with Gasteiger partial charge in [0.1, 0.15) is 0 Å². The first kappa shape index (κ1) is 22.8. The number of benzene rings is 3. The van der Waals surface area contributed by atoms with Crippen molar-refractivity contribution in [3.05, 3.63) is 99.6 Å². The molecular formula is C25H25N5O4. The van der Waals surface area contributed by atoms with E-state index >= 15 is 0 Å². The van der Waals surface area contributed by atoms with E-state index in [-0.39, 0.29) is 17.2 Å². The maximum Gasteiger partial charge on any atom is 0.269 e. The van der Waals surface area contributed by atoms with Gasteiger partial charge in [-0.05, 0) is 55.5 Å². The number of hydrazine groups is 1. The number of nitrogens with one attached hydrogen (secondary N) is 2. The molecule has 4 rings (SSSR count). The minimum atomic E-state index is -0.521. The molecule has 3 aromatic carbocycles. The van der Waals surface area contributed by atoms with Gasteiger partial charge in [0.25, 0.3) is 17.5 Å². The molecule has 9 heteroatoms. The summed E-state index contributed by atoms with van der Waals surface area (Å²) >= 11 is 0. The molecule has 9 nitrogen and oxygen atoms in total. The zero-order valence-electron chi connectivity index (χ0n) is 18.7. The fraction of sp³-hybridized carbons (Fsp3) is 0.200. The summed E-state index contributed by atoms with van der Waals surface area (Å²) < 4.78 is 0. The molecule has 0 unspecified atom stereocenters. The summed E-state index contributed by atoms with van der Waals surface area (Å²) in [7, 11) is 0. The quantitative estimate of drug-likeness (QED) is 0.431. The van der Waals surface area contributed by atoms with Crippen molar-refractivity contribution in [2.75, 3.05) is 36.5 Å². The van der Waals surface area contributed by atoms with Crippen LogP contribution in [0.15, 0.2) is 72.8 Å². The summed E-state index contributed by atoms with van der Waals surface area (Å²) in [6.45, 7) is 4.93. The van der Waals surface area contributed by atoms with Crippen molar-refractivity contribution in [3.8, 4) is 0 Å². The highest BCUT2D eigenvalue weighted by Crippen LogP contribution is 2.19. The van der Waals surface area contributed by atoms with Crippen molar-refractivity contribution in [2.45, 2.75) is 6.92 Å². The van der Waals surface area contributed by atoms with Crippen molar-refractivity contribution in [1.29, 1.82) is 0 Å². The Morgan fingerprint density at radius 1 is 0.824 bits per heavy atom. The third-order valence-corrected chi connectivity index (χ3v) is 5.76. The molecule has 0 spiro atoms. The first-order chi connectivity index (χ1) is 16.4. The van der Waals surface area contributed by atoms with Crippen LogP contribution in [0.25, 0.3) is 0 Å². The van der Waals surface area contributed by atoms with E-state index in [2.05, 4.69) is 46.9 Å². The number of carbonyl (C=O) groups is 2. The number of rotatable bonds is 6. The Balaban J connectivity index is 1.28. The van der Waals surface area contributed by atoms with Gasteiger partial charge in [-0.25, -0.2) is 0 Å². The molecule has 1 fully saturated rings. The molecule has 1 aliphatic rings. The SMILES string of the molecule is Cc1ccc(N2CCN(C(=O)c3ccc(NNC(=O)c4ccc([N+](=O)[O-])cc4)cc3)CC2)cc1. The van der Waals surface area contributed by atoms with Gasteiger partial charge in [-0.3, -0.25) is 30.6 Å². The summed E-state index contributed by atoms with van der Waals surface area (Å²) in [6.07, 6.45) is 0. The molecule has 1 saturated heterocycles. The van der Waals surface area contributed by atoms with Crippen LogP contribution in [0.1, 0.15) is 26.3 Å². The van der Waals surface area contributed by atoms with Gasteiger partial charge in [0.15, 0.2) is 0 Å². The average molecular weight is 460 g/mol. The summed E-state index contributed by atoms with van der Waals surface area (Å²) in [6, 6.07) is 20.6. The lowest BCUT2D eigenvalue weighted by atomic mass is 10.1. The zero-order valence-corrected chi connectivity index (χ0v) is 18.7. The van der Waals surface area contributed by atoms with E-state index in [0.29, 0.717) is 24.3 Å². The second-order valence-corrected chi connectivity index (χ2v) is 8.08. The topological polar surface area (TPSA) is 108 Å². The number of nitro groups is 1. The number of non-ortho nitro benzene ring substituents is 1. The highest BCUT2D eigenvalue weighted by atomic mass is 16.6. The van der Waals surface area contributed by atoms with Gasteiger partial charge in [0.2, 0.25) is 0 Å². The molecule has 0 atom stereocenters. The molecule has 2 N–H and O–H groups in total. The second kappa shape index (κ2) is 10.0. The third-order valence-electron chi connectivity index (χ3n) is 5.76. The highest BCUT2D eigenvalue weighted by molar-refractivity contribution is 5.96. The number of piperazine rings is 1. The van der Waals surface area contributed by atoms with Gasteiger partial charge in [-0.2, -0.15) is 0 Å². The molecule has 0 bridgehead atoms. The van der Waals surface area contributed by atoms with E-state index in [1.54, 1.807) is 24.3 Å². The van der Waals surface area contributed by atoms with Gasteiger partial charge >= 0.3 is 0 Å². The maximum absolute atomic E-state index is 12.9. The maximum atomic E-state index is 12.9. The molecule has 1 aliphatic heterocycles. The number of hydrogen-bond donors (Lipinski definition) is 2. The number of hydrogen-bond acceptors (Lipinski definition) is 6. The van der Waals surface area contributed by atoms with Crippen molar-refractivity contribution in [1.82, 2.24) is 10.3 Å². The van der Waals surface area contributed by atoms with E-state index < -0.39 is 10.8 Å². The Morgan fingerprint density at radius 3 is 2.00 bits per heavy atom. The molecule has 0 radical (unpaired) electrons. The smallest absolute Gasteiger partial charge is 0.269 e. The Labute approximate surface area is 197 Å². The van der Waals surface area contributed by atoms with E-state index in [1.807, 2.05) is 4.90 Å². The largest absolute Gasteiger partial charge is 0.368 e. The normalized spacial score (nSPS) is 13.3. The lowest BCUT2D eigenvalue weighted by molar-refractivity contribution is -0.384. The van der Waals surface area contributed by atoms with Crippen molar-refractivity contribution >= 4 is 28.9 Å². The van der Waals surface area contributed by atoms with Crippen LogP contribution in [0.3, 0.4) is 0 Å². The first-order valence-corrected chi connectivity index (χ1v) is 10.9. The van der Waals surface area contributed by atoms with Gasteiger partial charge in [0, 0.05) is 55.1 Å². The average Bonchev–Trinajstić information content (AvgIpc) is 2.88. The zero-order chi connectivity index (χ0) is 24.1. The fourth-order valence-electron chi connectivity index (χ4n) is 3.74. The number of amides is 2. The Bertz CT molecular complexity index is 1170. The summed E-state index contributed by atoms with van der Waals surface area (Å²) in [5.74, 6) is -0.452. The van der Waals surface area contributed by atoms with Crippen molar-refractivity contribution in [2.24, 2.45) is 0 Å². The van der Waals surface area contributed by atoms with Crippen LogP contribution in [0.2, 0.25) is 0 Å². The predicted molar refractivity (Wildman–Crippen MR) is 130 cm³/mol. The van der Waals surface area contributed by atoms with E-state index in [9.17, 15) is 19.7 Å². The standard InChI is InChI=1S/C25H25N5O4/c1-18-2-10-22(11-3-18)28-14-16-29(17-15-28)25(32)20-4-8-21(9-5-20)26-27-24(31)19-6-12-23(13-7-19)30(33)34/h2-13,26H,14-17H2,1H3,(H,27,31). The third kappa shape index (κ3) is 5.32. The Kier molecular flexibility index (Phi) is 6.72. The first-order valence-electron chi connectivity index (χ1n) is 10.9. The van der Waals surface area contributed by atoms with Crippen LogP contribution in [0.5, 0.6) is 0 Å². The molecule has 0 aromatic heterocycles. The predicted octanol–water partition coefficient (Wildman–Crippen LogP) is 3.62. The molecule has 3 aromatic rings. The number of aryl methyl sites for hydroxylation is 1. The highest BCUT2D eigenvalue weighted by Gasteiger charge is 2.22. The van der Waals surface area contributed by atoms with Gasteiger partial charge in [-0.1, -0.05) is 17.7 Å². The minimum absolute atomic E-state index is 0.0231. The Morgan fingerprint density at radius 2 is 1.41 bits per heavy atom. The van der Waals surface area contributed by atoms with Gasteiger partial charge in [-0.15, -0.1) is 0 Å². The van der Waals surface area contributed by atoms with E-state index in [4.69, 9.17) is 0 Å². The molecule has 34 heavy (non-hydrogen) atoms. The van der Waals surface area contributed by atoms with Gasteiger partial charge in [0.05, 0.1) is 10.6 Å². The van der Waals surface area contributed by atoms with Crippen LogP contribution < -0.4 is 15.8 Å². The molecule has 0 saturated carbocycles. The van der Waals surface area contributed by atoms with Crippen LogP contribution in [0, 0.1) is 17.0 Å². The molecule has 1 heterocycles. The molecule has 174 valence electrons. The molecular weight excluding hydrogens is 434 g/mol. The Hall–Kier alpha value is -4.40. The van der Waals surface area contributed by atoms with Crippen LogP contribution >= 0.6 is 0 Å². The fourth-order valence-corrected chi connectivity index (χ4v) is 3.74. The lowest BCUT2D eigenvalue weighted by Crippen LogP contribution is -2.48. The van der Waals surface area contributed by atoms with Crippen LogP contribution in [-0.4, -0.2) is 47.8 Å². The minimum Gasteiger partial charge on any atom is -0.368 e. The van der Waals surface area contributed by atoms with Crippen LogP contribution in [0.4, 0.5) is 17.1 Å². The summed E-state index contributed by atoms with van der Waals surface area (Å²) in [4.78, 5) is 39.4. The van der Waals surface area contributed by atoms with Gasteiger partial charge < -0.3 is 9.80 Å². The lowest BCUT2D eigenvalue weighted by Gasteiger charge is -2.36. The number of anilines is 2. The number of nitro benzene ring substituents is 1.